The minimum Gasteiger partial charge on any atom is -0.278 e. The Morgan fingerprint density at radius 1 is 1.05 bits per heavy atom. The highest BCUT2D eigenvalue weighted by Crippen LogP contribution is 2.35. The third-order valence-corrected chi connectivity index (χ3v) is 4.44. The van der Waals surface area contributed by atoms with Gasteiger partial charge >= 0.3 is 0 Å². The molecule has 0 fully saturated rings. The Morgan fingerprint density at radius 2 is 2.00 bits per heavy atom. The predicted molar refractivity (Wildman–Crippen MR) is 87.4 cm³/mol. The molecule has 0 atom stereocenters. The van der Waals surface area contributed by atoms with Crippen molar-refractivity contribution in [1.82, 2.24) is 15.2 Å². The zero-order valence-electron chi connectivity index (χ0n) is 11.5. The van der Waals surface area contributed by atoms with Crippen molar-refractivity contribution in [1.29, 1.82) is 0 Å². The Balaban J connectivity index is 1.88. The predicted octanol–water partition coefficient (Wildman–Crippen LogP) is 4.66. The third-order valence-electron chi connectivity index (χ3n) is 3.56. The zero-order valence-corrected chi connectivity index (χ0v) is 12.3. The number of aryl methyl sites for hydroxylation is 1. The number of aromatic amines is 1. The van der Waals surface area contributed by atoms with E-state index in [9.17, 15) is 0 Å². The van der Waals surface area contributed by atoms with E-state index in [4.69, 9.17) is 0 Å². The number of rotatable bonds is 2. The lowest BCUT2D eigenvalue weighted by molar-refractivity contribution is 1.12. The fourth-order valence-corrected chi connectivity index (χ4v) is 3.34. The topological polar surface area (TPSA) is 41.6 Å². The number of thiazole rings is 1. The minimum absolute atomic E-state index is 1.05. The van der Waals surface area contributed by atoms with Crippen LogP contribution in [0.1, 0.15) is 5.56 Å². The maximum Gasteiger partial charge on any atom is 0.0890 e. The first-order valence-electron chi connectivity index (χ1n) is 6.75. The van der Waals surface area contributed by atoms with Crippen LogP contribution in [0.15, 0.2) is 54.2 Å². The fraction of sp³-hybridized carbons (Fsp3) is 0.0588. The van der Waals surface area contributed by atoms with Crippen molar-refractivity contribution in [2.75, 3.05) is 0 Å². The number of benzene rings is 2. The number of nitrogens with one attached hydrogen (secondary N) is 1. The molecule has 0 aliphatic carbocycles. The molecule has 0 saturated heterocycles. The van der Waals surface area contributed by atoms with Crippen LogP contribution >= 0.6 is 11.3 Å². The van der Waals surface area contributed by atoms with Gasteiger partial charge in [-0.05, 0) is 30.7 Å². The number of nitrogens with zero attached hydrogens (tertiary/aromatic N) is 2. The number of hydrogen-bond acceptors (Lipinski definition) is 3. The molecule has 102 valence electrons. The van der Waals surface area contributed by atoms with Crippen molar-refractivity contribution in [3.05, 3.63) is 59.7 Å². The first kappa shape index (κ1) is 12.3. The number of hydrogen-bond donors (Lipinski definition) is 1. The van der Waals surface area contributed by atoms with E-state index in [1.807, 2.05) is 11.7 Å². The van der Waals surface area contributed by atoms with Gasteiger partial charge < -0.3 is 0 Å². The maximum absolute atomic E-state index is 4.57. The van der Waals surface area contributed by atoms with Crippen molar-refractivity contribution >= 4 is 22.2 Å². The summed E-state index contributed by atoms with van der Waals surface area (Å²) >= 11 is 1.67. The Labute approximate surface area is 126 Å². The quantitative estimate of drug-likeness (QED) is 0.583. The van der Waals surface area contributed by atoms with Crippen molar-refractivity contribution in [2.45, 2.75) is 6.92 Å². The molecule has 1 N–H and O–H groups in total. The summed E-state index contributed by atoms with van der Waals surface area (Å²) in [6, 6.07) is 14.8. The first-order chi connectivity index (χ1) is 10.3. The van der Waals surface area contributed by atoms with Gasteiger partial charge in [0, 0.05) is 10.9 Å². The summed E-state index contributed by atoms with van der Waals surface area (Å²) in [6.07, 6.45) is 1.85. The molecule has 0 aliphatic rings. The summed E-state index contributed by atoms with van der Waals surface area (Å²) in [5, 5.41) is 8.18. The van der Waals surface area contributed by atoms with E-state index in [0.717, 1.165) is 16.6 Å². The van der Waals surface area contributed by atoms with Gasteiger partial charge in [-0.25, -0.2) is 4.98 Å². The highest BCUT2D eigenvalue weighted by molar-refractivity contribution is 7.13. The highest BCUT2D eigenvalue weighted by Gasteiger charge is 2.11. The van der Waals surface area contributed by atoms with Crippen LogP contribution < -0.4 is 0 Å². The van der Waals surface area contributed by atoms with Crippen LogP contribution in [0.5, 0.6) is 0 Å². The van der Waals surface area contributed by atoms with Crippen LogP contribution in [-0.4, -0.2) is 15.2 Å². The van der Waals surface area contributed by atoms with Gasteiger partial charge in [0.1, 0.15) is 0 Å². The molecule has 2 aromatic carbocycles. The second-order valence-corrected chi connectivity index (χ2v) is 5.93. The van der Waals surface area contributed by atoms with E-state index in [2.05, 4.69) is 64.6 Å². The Bertz CT molecular complexity index is 920. The van der Waals surface area contributed by atoms with E-state index in [0.29, 0.717) is 0 Å². The largest absolute Gasteiger partial charge is 0.278 e. The van der Waals surface area contributed by atoms with Crippen LogP contribution in [0.3, 0.4) is 0 Å². The molecular formula is C17H13N3S. The Hall–Kier alpha value is -2.46. The third kappa shape index (κ3) is 2.14. The van der Waals surface area contributed by atoms with Crippen LogP contribution in [0.25, 0.3) is 32.6 Å². The monoisotopic (exact) mass is 291 g/mol. The lowest BCUT2D eigenvalue weighted by Crippen LogP contribution is -1.83. The van der Waals surface area contributed by atoms with Crippen LogP contribution in [0, 0.1) is 6.92 Å². The van der Waals surface area contributed by atoms with E-state index in [1.165, 1.54) is 21.6 Å². The summed E-state index contributed by atoms with van der Waals surface area (Å²) in [4.78, 5) is 5.76. The highest BCUT2D eigenvalue weighted by atomic mass is 32.1. The number of fused-ring (bicyclic) bond motifs is 1. The fourth-order valence-electron chi connectivity index (χ4n) is 2.53. The minimum atomic E-state index is 1.05. The van der Waals surface area contributed by atoms with E-state index in [-0.39, 0.29) is 0 Å². The standard InChI is InChI=1S/C17H13N3S/c1-11-3-2-4-12(7-11)16-17(21-10-18-16)13-5-6-15-14(8-13)9-19-20-15/h2-10H,1H3,(H,19,20). The molecule has 21 heavy (non-hydrogen) atoms. The molecule has 3 nitrogen and oxygen atoms in total. The molecular weight excluding hydrogens is 278 g/mol. The van der Waals surface area contributed by atoms with Gasteiger partial charge in [0.15, 0.2) is 0 Å². The number of H-pyrrole nitrogens is 1. The first-order valence-corrected chi connectivity index (χ1v) is 7.63. The lowest BCUT2D eigenvalue weighted by atomic mass is 10.0. The maximum atomic E-state index is 4.57. The second-order valence-electron chi connectivity index (χ2n) is 5.07. The van der Waals surface area contributed by atoms with Crippen LogP contribution in [0.2, 0.25) is 0 Å². The molecule has 2 heterocycles. The SMILES string of the molecule is Cc1cccc(-c2ncsc2-c2ccc3[nH]ncc3c2)c1. The van der Waals surface area contributed by atoms with Gasteiger partial charge in [-0.3, -0.25) is 5.10 Å². The van der Waals surface area contributed by atoms with Gasteiger partial charge in [0.25, 0.3) is 0 Å². The van der Waals surface area contributed by atoms with Gasteiger partial charge in [-0.1, -0.05) is 29.8 Å². The molecule has 0 saturated carbocycles. The van der Waals surface area contributed by atoms with Gasteiger partial charge in [-0.2, -0.15) is 5.10 Å². The van der Waals surface area contributed by atoms with E-state index >= 15 is 0 Å². The van der Waals surface area contributed by atoms with Crippen molar-refractivity contribution < 1.29 is 0 Å². The van der Waals surface area contributed by atoms with Crippen molar-refractivity contribution in [3.63, 3.8) is 0 Å². The normalized spacial score (nSPS) is 11.1. The summed E-state index contributed by atoms with van der Waals surface area (Å²) in [5.74, 6) is 0. The average molecular weight is 291 g/mol. The summed E-state index contributed by atoms with van der Waals surface area (Å²) in [5.41, 5.74) is 7.61. The summed E-state index contributed by atoms with van der Waals surface area (Å²) in [6.45, 7) is 2.10. The molecule has 4 rings (SSSR count). The van der Waals surface area contributed by atoms with Gasteiger partial charge in [0.05, 0.1) is 27.8 Å². The molecule has 4 heteroatoms. The van der Waals surface area contributed by atoms with Gasteiger partial charge in [-0.15, -0.1) is 11.3 Å². The molecule has 4 aromatic rings. The average Bonchev–Trinajstić information content (AvgIpc) is 3.15. The van der Waals surface area contributed by atoms with Crippen molar-refractivity contribution in [3.8, 4) is 21.7 Å². The molecule has 2 aromatic heterocycles. The molecule has 0 aliphatic heterocycles. The molecule has 0 unspecified atom stereocenters. The molecule has 0 radical (unpaired) electrons. The molecule has 0 bridgehead atoms. The van der Waals surface area contributed by atoms with Crippen LogP contribution in [0.4, 0.5) is 0 Å². The smallest absolute Gasteiger partial charge is 0.0890 e. The second kappa shape index (κ2) is 4.82. The summed E-state index contributed by atoms with van der Waals surface area (Å²) in [7, 11) is 0. The lowest BCUT2D eigenvalue weighted by Gasteiger charge is -2.04. The summed E-state index contributed by atoms with van der Waals surface area (Å²) < 4.78 is 0. The Morgan fingerprint density at radius 3 is 2.90 bits per heavy atom. The number of aromatic nitrogens is 3. The van der Waals surface area contributed by atoms with E-state index in [1.54, 1.807) is 11.3 Å². The van der Waals surface area contributed by atoms with Crippen molar-refractivity contribution in [2.24, 2.45) is 0 Å². The van der Waals surface area contributed by atoms with E-state index < -0.39 is 0 Å². The molecule has 0 amide bonds. The van der Waals surface area contributed by atoms with Gasteiger partial charge in [0.2, 0.25) is 0 Å². The van der Waals surface area contributed by atoms with Crippen LogP contribution in [-0.2, 0) is 0 Å². The Kier molecular flexibility index (Phi) is 2.82. The molecule has 0 spiro atoms. The zero-order chi connectivity index (χ0) is 14.2.